The molecule has 1 fully saturated rings. The van der Waals surface area contributed by atoms with Crippen LogP contribution >= 0.6 is 0 Å². The van der Waals surface area contributed by atoms with Crippen molar-refractivity contribution in [2.75, 3.05) is 13.2 Å². The molecule has 0 amide bonds. The average Bonchev–Trinajstić information content (AvgIpc) is 2.79. The molecule has 2 aromatic carbocycles. The van der Waals surface area contributed by atoms with Crippen LogP contribution in [0.1, 0.15) is 20.8 Å². The molecule has 2 aromatic rings. The molecule has 5 atom stereocenters. The first-order valence-electron chi connectivity index (χ1n) is 10.9. The predicted molar refractivity (Wildman–Crippen MR) is 126 cm³/mol. The number of aliphatic hydroxyl groups is 3. The summed E-state index contributed by atoms with van der Waals surface area (Å²) < 4.78 is 18.1. The quantitative estimate of drug-likeness (QED) is 0.411. The first-order chi connectivity index (χ1) is 15.2. The molecule has 1 saturated heterocycles. The normalized spacial score (nSPS) is 26.6. The largest absolute Gasteiger partial charge is 0.405 e. The molecular formula is C25H34O6Si. The van der Waals surface area contributed by atoms with Crippen molar-refractivity contribution >= 4 is 18.7 Å². The predicted octanol–water partition coefficient (Wildman–Crippen LogP) is 1.57. The van der Waals surface area contributed by atoms with Gasteiger partial charge in [0, 0.05) is 0 Å². The Kier molecular flexibility index (Phi) is 8.05. The van der Waals surface area contributed by atoms with Gasteiger partial charge in [-0.3, -0.25) is 0 Å². The van der Waals surface area contributed by atoms with Gasteiger partial charge in [0.05, 0.1) is 13.2 Å². The van der Waals surface area contributed by atoms with E-state index in [-0.39, 0.29) is 18.3 Å². The van der Waals surface area contributed by atoms with Crippen LogP contribution in [0.4, 0.5) is 0 Å². The van der Waals surface area contributed by atoms with Crippen LogP contribution in [0, 0.1) is 0 Å². The highest BCUT2D eigenvalue weighted by Crippen LogP contribution is 2.37. The summed E-state index contributed by atoms with van der Waals surface area (Å²) in [4.78, 5) is 0. The molecule has 0 aromatic heterocycles. The van der Waals surface area contributed by atoms with Crippen molar-refractivity contribution in [3.8, 4) is 0 Å². The molecule has 3 rings (SSSR count). The highest BCUT2D eigenvalue weighted by molar-refractivity contribution is 6.99. The van der Waals surface area contributed by atoms with Gasteiger partial charge in [-0.25, -0.2) is 0 Å². The SMILES string of the molecule is C=CCO[C@H]1O[C@H](CO[Si](c2ccccc2)(c2ccccc2)C(C)(C)C)[C@@H](O)[C@H](O)[C@@H]1O. The minimum atomic E-state index is -2.84. The van der Waals surface area contributed by atoms with Crippen molar-refractivity contribution in [2.24, 2.45) is 0 Å². The van der Waals surface area contributed by atoms with E-state index in [0.717, 1.165) is 10.4 Å². The Morgan fingerprint density at radius 2 is 1.44 bits per heavy atom. The number of hydrogen-bond donors (Lipinski definition) is 3. The van der Waals surface area contributed by atoms with Crippen LogP contribution in [0.25, 0.3) is 0 Å². The Hall–Kier alpha value is -1.84. The molecule has 7 heteroatoms. The van der Waals surface area contributed by atoms with Crippen molar-refractivity contribution in [2.45, 2.75) is 56.5 Å². The van der Waals surface area contributed by atoms with E-state index < -0.39 is 39.0 Å². The molecule has 0 bridgehead atoms. The molecule has 1 aliphatic rings. The lowest BCUT2D eigenvalue weighted by Gasteiger charge is -2.45. The van der Waals surface area contributed by atoms with Gasteiger partial charge in [-0.05, 0) is 15.4 Å². The number of aliphatic hydroxyl groups excluding tert-OH is 3. The summed E-state index contributed by atoms with van der Waals surface area (Å²) >= 11 is 0. The number of rotatable bonds is 8. The number of ether oxygens (including phenoxy) is 2. The van der Waals surface area contributed by atoms with E-state index in [0.29, 0.717) is 0 Å². The molecule has 0 radical (unpaired) electrons. The van der Waals surface area contributed by atoms with Gasteiger partial charge in [0.15, 0.2) is 6.29 Å². The fraction of sp³-hybridized carbons (Fsp3) is 0.440. The van der Waals surface area contributed by atoms with Gasteiger partial charge >= 0.3 is 0 Å². The second-order valence-electron chi connectivity index (χ2n) is 9.11. The van der Waals surface area contributed by atoms with Gasteiger partial charge < -0.3 is 29.2 Å². The summed E-state index contributed by atoms with van der Waals surface area (Å²) in [7, 11) is -2.84. The van der Waals surface area contributed by atoms with Gasteiger partial charge in [0.1, 0.15) is 24.4 Å². The van der Waals surface area contributed by atoms with Crippen LogP contribution in [0.3, 0.4) is 0 Å². The third-order valence-electron chi connectivity index (χ3n) is 5.93. The first-order valence-corrected chi connectivity index (χ1v) is 12.8. The minimum absolute atomic E-state index is 0.0339. The summed E-state index contributed by atoms with van der Waals surface area (Å²) in [6.07, 6.45) is -4.52. The van der Waals surface area contributed by atoms with Crippen LogP contribution < -0.4 is 10.4 Å². The zero-order valence-electron chi connectivity index (χ0n) is 18.9. The molecule has 1 aliphatic heterocycles. The molecule has 0 aliphatic carbocycles. The Balaban J connectivity index is 1.96. The Morgan fingerprint density at radius 1 is 0.906 bits per heavy atom. The van der Waals surface area contributed by atoms with Crippen molar-refractivity contribution in [3.05, 3.63) is 73.3 Å². The smallest absolute Gasteiger partial charge is 0.261 e. The van der Waals surface area contributed by atoms with Crippen LogP contribution in [-0.4, -0.2) is 67.6 Å². The van der Waals surface area contributed by atoms with Crippen molar-refractivity contribution in [1.82, 2.24) is 0 Å². The monoisotopic (exact) mass is 458 g/mol. The zero-order valence-corrected chi connectivity index (χ0v) is 19.9. The molecule has 0 spiro atoms. The molecule has 3 N–H and O–H groups in total. The van der Waals surface area contributed by atoms with Crippen molar-refractivity contribution < 1.29 is 29.2 Å². The highest BCUT2D eigenvalue weighted by Gasteiger charge is 2.52. The second kappa shape index (κ2) is 10.4. The molecular weight excluding hydrogens is 424 g/mol. The van der Waals surface area contributed by atoms with Gasteiger partial charge in [0.25, 0.3) is 8.32 Å². The highest BCUT2D eigenvalue weighted by atomic mass is 28.4. The third-order valence-corrected chi connectivity index (χ3v) is 10.9. The topological polar surface area (TPSA) is 88.4 Å². The molecule has 6 nitrogen and oxygen atoms in total. The molecule has 32 heavy (non-hydrogen) atoms. The molecule has 0 saturated carbocycles. The van der Waals surface area contributed by atoms with E-state index in [1.54, 1.807) is 0 Å². The maximum absolute atomic E-state index is 10.6. The average molecular weight is 459 g/mol. The van der Waals surface area contributed by atoms with E-state index >= 15 is 0 Å². The third kappa shape index (κ3) is 4.89. The number of hydrogen-bond acceptors (Lipinski definition) is 6. The maximum atomic E-state index is 10.6. The molecule has 1 heterocycles. The lowest BCUT2D eigenvalue weighted by atomic mass is 9.99. The van der Waals surface area contributed by atoms with E-state index in [9.17, 15) is 15.3 Å². The molecule has 0 unspecified atom stereocenters. The minimum Gasteiger partial charge on any atom is -0.405 e. The Bertz CT molecular complexity index is 814. The van der Waals surface area contributed by atoms with Crippen LogP contribution in [0.5, 0.6) is 0 Å². The summed E-state index contributed by atoms with van der Waals surface area (Å²) in [6.45, 7) is 10.2. The standard InChI is InChI=1S/C25H34O6Si/c1-5-16-29-24-23(28)22(27)21(26)20(31-24)17-30-32(25(2,3)4,18-12-8-6-9-13-18)19-14-10-7-11-15-19/h5-15,20-24,26-28H,1,16-17H2,2-4H3/t20-,21-,22+,23+,24+/m1/s1. The van der Waals surface area contributed by atoms with Crippen LogP contribution in [0.2, 0.25) is 5.04 Å². The lowest BCUT2D eigenvalue weighted by Crippen LogP contribution is -2.68. The van der Waals surface area contributed by atoms with Crippen LogP contribution in [-0.2, 0) is 13.9 Å². The zero-order chi connectivity index (χ0) is 23.4. The van der Waals surface area contributed by atoms with E-state index in [4.69, 9.17) is 13.9 Å². The maximum Gasteiger partial charge on any atom is 0.261 e. The summed E-state index contributed by atoms with van der Waals surface area (Å²) in [6, 6.07) is 20.3. The van der Waals surface area contributed by atoms with Gasteiger partial charge in [-0.2, -0.15) is 0 Å². The number of benzene rings is 2. The van der Waals surface area contributed by atoms with E-state index in [2.05, 4.69) is 51.6 Å². The lowest BCUT2D eigenvalue weighted by molar-refractivity contribution is -0.297. The summed E-state index contributed by atoms with van der Waals surface area (Å²) in [5, 5.41) is 33.2. The first kappa shape index (κ1) is 24.8. The summed E-state index contributed by atoms with van der Waals surface area (Å²) in [5.41, 5.74) is 0. The van der Waals surface area contributed by atoms with E-state index in [1.807, 2.05) is 36.4 Å². The second-order valence-corrected chi connectivity index (χ2v) is 13.4. The van der Waals surface area contributed by atoms with Gasteiger partial charge in [-0.1, -0.05) is 87.5 Å². The van der Waals surface area contributed by atoms with Crippen molar-refractivity contribution in [1.29, 1.82) is 0 Å². The summed E-state index contributed by atoms with van der Waals surface area (Å²) in [5.74, 6) is 0. The Morgan fingerprint density at radius 3 is 1.91 bits per heavy atom. The fourth-order valence-electron chi connectivity index (χ4n) is 4.32. The fourth-order valence-corrected chi connectivity index (χ4v) is 8.89. The van der Waals surface area contributed by atoms with Crippen LogP contribution in [0.15, 0.2) is 73.3 Å². The van der Waals surface area contributed by atoms with Gasteiger partial charge in [0.2, 0.25) is 0 Å². The Labute approximate surface area is 191 Å². The molecule has 174 valence electrons. The van der Waals surface area contributed by atoms with Crippen molar-refractivity contribution in [3.63, 3.8) is 0 Å². The van der Waals surface area contributed by atoms with E-state index in [1.165, 1.54) is 6.08 Å². The van der Waals surface area contributed by atoms with Gasteiger partial charge in [-0.15, -0.1) is 6.58 Å².